The van der Waals surface area contributed by atoms with Gasteiger partial charge < -0.3 is 4.90 Å². The van der Waals surface area contributed by atoms with Crippen LogP contribution in [0.5, 0.6) is 0 Å². The molecular weight excluding hydrogens is 607 g/mol. The highest BCUT2D eigenvalue weighted by atomic mass is 32.1. The van der Waals surface area contributed by atoms with Crippen molar-refractivity contribution in [2.45, 2.75) is 85.7 Å². The summed E-state index contributed by atoms with van der Waals surface area (Å²) in [5.74, 6) is 0.128. The SMILES string of the molecule is CCc1cccc(CC)c1-n1c(CC(C)C)c(C(=O)N2CCCCC2)cc(-c2nc(-c3ccc(CC(F)(F)F)cc3)c(C)s2)c1=O. The van der Waals surface area contributed by atoms with Gasteiger partial charge in [0.1, 0.15) is 5.01 Å². The van der Waals surface area contributed by atoms with Crippen molar-refractivity contribution in [2.24, 2.45) is 5.92 Å². The molecule has 9 heteroatoms. The van der Waals surface area contributed by atoms with Crippen molar-refractivity contribution in [2.75, 3.05) is 13.1 Å². The van der Waals surface area contributed by atoms with Gasteiger partial charge in [0.25, 0.3) is 11.5 Å². The number of pyridine rings is 1. The molecule has 2 aromatic carbocycles. The van der Waals surface area contributed by atoms with Gasteiger partial charge in [0, 0.05) is 29.2 Å². The van der Waals surface area contributed by atoms with Crippen molar-refractivity contribution in [1.82, 2.24) is 14.5 Å². The molecule has 5 nitrogen and oxygen atoms in total. The number of carbonyl (C=O) groups excluding carboxylic acids is 1. The zero-order valence-corrected chi connectivity index (χ0v) is 28.1. The molecule has 0 saturated carbocycles. The number of piperidine rings is 1. The summed E-state index contributed by atoms with van der Waals surface area (Å²) in [6, 6.07) is 14.1. The Morgan fingerprint density at radius 2 is 1.61 bits per heavy atom. The van der Waals surface area contributed by atoms with Crippen LogP contribution in [0.15, 0.2) is 53.3 Å². The molecule has 0 radical (unpaired) electrons. The van der Waals surface area contributed by atoms with E-state index in [0.717, 1.165) is 59.5 Å². The summed E-state index contributed by atoms with van der Waals surface area (Å²) >= 11 is 1.36. The topological polar surface area (TPSA) is 55.2 Å². The number of aromatic nitrogens is 2. The number of nitrogens with zero attached hydrogens (tertiary/aromatic N) is 3. The van der Waals surface area contributed by atoms with E-state index in [1.165, 1.54) is 23.5 Å². The number of alkyl halides is 3. The fourth-order valence-electron chi connectivity index (χ4n) is 6.38. The van der Waals surface area contributed by atoms with Gasteiger partial charge in [-0.2, -0.15) is 13.2 Å². The van der Waals surface area contributed by atoms with Crippen LogP contribution in [0.2, 0.25) is 0 Å². The molecule has 1 amide bonds. The van der Waals surface area contributed by atoms with Crippen molar-refractivity contribution in [3.05, 3.63) is 91.7 Å². The molecule has 1 aliphatic rings. The fourth-order valence-corrected chi connectivity index (χ4v) is 7.32. The molecule has 1 fully saturated rings. The van der Waals surface area contributed by atoms with Gasteiger partial charge in [0.2, 0.25) is 0 Å². The molecule has 3 heterocycles. The Balaban J connectivity index is 1.75. The maximum absolute atomic E-state index is 14.8. The van der Waals surface area contributed by atoms with E-state index in [1.54, 1.807) is 22.8 Å². The Kier molecular flexibility index (Phi) is 10.2. The van der Waals surface area contributed by atoms with Crippen LogP contribution in [0.4, 0.5) is 13.2 Å². The lowest BCUT2D eigenvalue weighted by atomic mass is 9.96. The average Bonchev–Trinajstić information content (AvgIpc) is 3.41. The highest BCUT2D eigenvalue weighted by Crippen LogP contribution is 2.35. The van der Waals surface area contributed by atoms with E-state index >= 15 is 0 Å². The zero-order chi connectivity index (χ0) is 33.2. The standard InChI is InChI=1S/C37H42F3N3O2S/c1-6-26-12-11-13-27(7-2)33(26)43-31(20-23(3)4)29(35(44)42-18-9-8-10-19-42)21-30(36(43)45)34-41-32(24(5)46-34)28-16-14-25(15-17-28)22-37(38,39)40/h11-17,21,23H,6-10,18-20,22H2,1-5H3. The van der Waals surface area contributed by atoms with E-state index in [9.17, 15) is 22.8 Å². The summed E-state index contributed by atoms with van der Waals surface area (Å²) in [5.41, 5.74) is 5.78. The first-order chi connectivity index (χ1) is 21.9. The molecule has 0 N–H and O–H groups in total. The molecule has 46 heavy (non-hydrogen) atoms. The molecule has 5 rings (SSSR count). The third-order valence-electron chi connectivity index (χ3n) is 8.63. The average molecular weight is 650 g/mol. The van der Waals surface area contributed by atoms with Gasteiger partial charge in [-0.15, -0.1) is 11.3 Å². The predicted octanol–water partition coefficient (Wildman–Crippen LogP) is 8.99. The number of para-hydroxylation sites is 1. The number of likely N-dealkylation sites (tertiary alicyclic amines) is 1. The van der Waals surface area contributed by atoms with Gasteiger partial charge >= 0.3 is 6.18 Å². The number of aryl methyl sites for hydroxylation is 3. The van der Waals surface area contributed by atoms with E-state index in [4.69, 9.17) is 4.98 Å². The summed E-state index contributed by atoms with van der Waals surface area (Å²) in [5, 5.41) is 0.487. The molecule has 0 bridgehead atoms. The van der Waals surface area contributed by atoms with Crippen LogP contribution >= 0.6 is 11.3 Å². The Bertz CT molecular complexity index is 1740. The minimum atomic E-state index is -4.29. The highest BCUT2D eigenvalue weighted by molar-refractivity contribution is 7.15. The third-order valence-corrected chi connectivity index (χ3v) is 9.63. The molecule has 0 unspecified atom stereocenters. The summed E-state index contributed by atoms with van der Waals surface area (Å²) in [6.45, 7) is 11.6. The van der Waals surface area contributed by atoms with Crippen LogP contribution in [0.1, 0.15) is 84.6 Å². The number of halogens is 3. The molecule has 244 valence electrons. The fraction of sp³-hybridized carbons (Fsp3) is 0.432. The van der Waals surface area contributed by atoms with Gasteiger partial charge in [0.15, 0.2) is 0 Å². The molecule has 4 aromatic rings. The summed E-state index contributed by atoms with van der Waals surface area (Å²) in [4.78, 5) is 36.8. The smallest absolute Gasteiger partial charge is 0.339 e. The van der Waals surface area contributed by atoms with E-state index in [-0.39, 0.29) is 22.9 Å². The van der Waals surface area contributed by atoms with Crippen LogP contribution in [-0.2, 0) is 25.7 Å². The summed E-state index contributed by atoms with van der Waals surface area (Å²) < 4.78 is 40.6. The number of hydrogen-bond acceptors (Lipinski definition) is 4. The summed E-state index contributed by atoms with van der Waals surface area (Å²) in [6.07, 6.45) is -0.287. The molecule has 1 aliphatic heterocycles. The zero-order valence-electron chi connectivity index (χ0n) is 27.3. The maximum atomic E-state index is 14.8. The minimum absolute atomic E-state index is 0.0638. The van der Waals surface area contributed by atoms with Gasteiger partial charge in [-0.05, 0) is 74.1 Å². The number of carbonyl (C=O) groups is 1. The lowest BCUT2D eigenvalue weighted by Gasteiger charge is -2.29. The van der Waals surface area contributed by atoms with Crippen molar-refractivity contribution >= 4 is 17.2 Å². The van der Waals surface area contributed by atoms with Crippen LogP contribution in [0, 0.1) is 12.8 Å². The summed E-state index contributed by atoms with van der Waals surface area (Å²) in [7, 11) is 0. The first-order valence-corrected chi connectivity index (χ1v) is 17.1. The van der Waals surface area contributed by atoms with E-state index in [1.807, 2.05) is 30.0 Å². The van der Waals surface area contributed by atoms with Crippen molar-refractivity contribution in [3.8, 4) is 27.5 Å². The normalized spacial score (nSPS) is 13.9. The van der Waals surface area contributed by atoms with E-state index in [2.05, 4.69) is 27.7 Å². The van der Waals surface area contributed by atoms with Crippen molar-refractivity contribution in [1.29, 1.82) is 0 Å². The van der Waals surface area contributed by atoms with Gasteiger partial charge in [0.05, 0.1) is 28.9 Å². The number of hydrogen-bond donors (Lipinski definition) is 0. The molecular formula is C37H42F3N3O2S. The Morgan fingerprint density at radius 3 is 2.17 bits per heavy atom. The number of amides is 1. The number of benzene rings is 2. The molecule has 0 atom stereocenters. The largest absolute Gasteiger partial charge is 0.393 e. The van der Waals surface area contributed by atoms with E-state index in [0.29, 0.717) is 46.9 Å². The lowest BCUT2D eigenvalue weighted by Crippen LogP contribution is -2.38. The van der Waals surface area contributed by atoms with Crippen molar-refractivity contribution in [3.63, 3.8) is 0 Å². The second-order valence-corrected chi connectivity index (χ2v) is 13.8. The predicted molar refractivity (Wildman–Crippen MR) is 180 cm³/mol. The monoisotopic (exact) mass is 649 g/mol. The maximum Gasteiger partial charge on any atom is 0.393 e. The van der Waals surface area contributed by atoms with Crippen LogP contribution in [0.25, 0.3) is 27.5 Å². The van der Waals surface area contributed by atoms with E-state index < -0.39 is 12.6 Å². The molecule has 0 aliphatic carbocycles. The van der Waals surface area contributed by atoms with Crippen LogP contribution in [-0.4, -0.2) is 39.6 Å². The highest BCUT2D eigenvalue weighted by Gasteiger charge is 2.30. The van der Waals surface area contributed by atoms with Crippen LogP contribution in [0.3, 0.4) is 0 Å². The molecule has 0 spiro atoms. The first kappa shape index (κ1) is 33.6. The Labute approximate surface area is 273 Å². The lowest BCUT2D eigenvalue weighted by molar-refractivity contribution is -0.127. The number of thiazole rings is 1. The third kappa shape index (κ3) is 7.14. The van der Waals surface area contributed by atoms with Gasteiger partial charge in [-0.1, -0.05) is 70.2 Å². The molecule has 1 saturated heterocycles. The second kappa shape index (κ2) is 14.0. The quantitative estimate of drug-likeness (QED) is 0.182. The van der Waals surface area contributed by atoms with Crippen molar-refractivity contribution < 1.29 is 18.0 Å². The van der Waals surface area contributed by atoms with Gasteiger partial charge in [-0.25, -0.2) is 4.98 Å². The molecule has 2 aromatic heterocycles. The first-order valence-electron chi connectivity index (χ1n) is 16.2. The Hall–Kier alpha value is -3.72. The van der Waals surface area contributed by atoms with Crippen LogP contribution < -0.4 is 5.56 Å². The number of rotatable bonds is 9. The van der Waals surface area contributed by atoms with Gasteiger partial charge in [-0.3, -0.25) is 14.2 Å². The Morgan fingerprint density at radius 1 is 0.978 bits per heavy atom. The second-order valence-electron chi connectivity index (χ2n) is 12.6. The minimum Gasteiger partial charge on any atom is -0.339 e.